The standard InChI is InChI=1S/C25H34O4/c1-6-8-25-13-24(18-11-23(18,14(2)3)12-19(24)26)10-17(25)20-16(7-9-22(25,5)28)15(4)21(27)29-20/h6,8,14,16-18,20,28H,4,7,9-13H2,1-3,5H3/b8-6-/t16-,17+,18+,20+,22-,23+,24+,25-/m0/s1. The average Bonchev–Trinajstić information content (AvgIpc) is 3.11. The van der Waals surface area contributed by atoms with Crippen LogP contribution >= 0.6 is 0 Å². The molecule has 1 N–H and O–H groups in total. The Balaban J connectivity index is 1.64. The number of rotatable bonds is 2. The smallest absolute Gasteiger partial charge is 0.334 e. The van der Waals surface area contributed by atoms with E-state index in [0.717, 1.165) is 12.8 Å². The lowest BCUT2D eigenvalue weighted by atomic mass is 9.63. The Hall–Kier alpha value is -1.42. The van der Waals surface area contributed by atoms with Crippen LogP contribution in [0.15, 0.2) is 24.3 Å². The third-order valence-electron chi connectivity index (χ3n) is 9.99. The molecule has 0 amide bonds. The van der Waals surface area contributed by atoms with E-state index in [0.29, 0.717) is 48.9 Å². The molecule has 8 atom stereocenters. The van der Waals surface area contributed by atoms with Crippen molar-refractivity contribution < 1.29 is 19.4 Å². The fourth-order valence-corrected chi connectivity index (χ4v) is 8.21. The van der Waals surface area contributed by atoms with Crippen molar-refractivity contribution in [1.82, 2.24) is 0 Å². The molecule has 0 radical (unpaired) electrons. The number of carbonyl (C=O) groups excluding carboxylic acids is 2. The monoisotopic (exact) mass is 398 g/mol. The molecule has 1 saturated heterocycles. The van der Waals surface area contributed by atoms with Crippen molar-refractivity contribution in [3.63, 3.8) is 0 Å². The number of aliphatic hydroxyl groups is 1. The average molecular weight is 399 g/mol. The van der Waals surface area contributed by atoms with Crippen molar-refractivity contribution in [2.24, 2.45) is 39.9 Å². The molecule has 5 rings (SSSR count). The fourth-order valence-electron chi connectivity index (χ4n) is 8.21. The summed E-state index contributed by atoms with van der Waals surface area (Å²) in [5.74, 6) is 0.901. The fraction of sp³-hybridized carbons (Fsp3) is 0.760. The van der Waals surface area contributed by atoms with E-state index in [1.807, 2.05) is 19.9 Å². The van der Waals surface area contributed by atoms with Gasteiger partial charge < -0.3 is 9.84 Å². The SMILES string of the molecule is C=C1C(=O)O[C@H]2[C@H]3C[C@]4(C[C@]3(/C=C\C)[C@@](C)(O)CC[C@@H]12)C(=O)C[C@@]1(C(C)C)C[C@@H]41. The van der Waals surface area contributed by atoms with Crippen molar-refractivity contribution in [1.29, 1.82) is 0 Å². The zero-order chi connectivity index (χ0) is 21.0. The summed E-state index contributed by atoms with van der Waals surface area (Å²) in [7, 11) is 0. The minimum absolute atomic E-state index is 0.0445. The predicted octanol–water partition coefficient (Wildman–Crippen LogP) is 4.22. The van der Waals surface area contributed by atoms with Crippen LogP contribution < -0.4 is 0 Å². The van der Waals surface area contributed by atoms with Gasteiger partial charge in [-0.3, -0.25) is 4.79 Å². The van der Waals surface area contributed by atoms with Crippen LogP contribution in [0.2, 0.25) is 0 Å². The van der Waals surface area contributed by atoms with Gasteiger partial charge >= 0.3 is 5.97 Å². The van der Waals surface area contributed by atoms with Crippen molar-refractivity contribution in [2.75, 3.05) is 0 Å². The van der Waals surface area contributed by atoms with E-state index in [1.54, 1.807) is 0 Å². The van der Waals surface area contributed by atoms with E-state index >= 15 is 0 Å². The summed E-state index contributed by atoms with van der Waals surface area (Å²) >= 11 is 0. The van der Waals surface area contributed by atoms with E-state index in [9.17, 15) is 14.7 Å². The molecular weight excluding hydrogens is 364 g/mol. The Bertz CT molecular complexity index is 838. The molecule has 0 bridgehead atoms. The Morgan fingerprint density at radius 1 is 1.28 bits per heavy atom. The third kappa shape index (κ3) is 2.14. The van der Waals surface area contributed by atoms with Gasteiger partial charge in [0, 0.05) is 34.7 Å². The van der Waals surface area contributed by atoms with E-state index in [-0.39, 0.29) is 34.7 Å². The largest absolute Gasteiger partial charge is 0.458 e. The third-order valence-corrected chi connectivity index (χ3v) is 9.99. The molecule has 0 aromatic carbocycles. The number of hydrogen-bond acceptors (Lipinski definition) is 4. The molecule has 4 aliphatic carbocycles. The van der Waals surface area contributed by atoms with Crippen LogP contribution in [0.25, 0.3) is 0 Å². The van der Waals surface area contributed by atoms with Crippen LogP contribution in [0.1, 0.15) is 66.2 Å². The van der Waals surface area contributed by atoms with E-state index in [4.69, 9.17) is 4.74 Å². The highest BCUT2D eigenvalue weighted by atomic mass is 16.6. The van der Waals surface area contributed by atoms with Crippen LogP contribution in [0.4, 0.5) is 0 Å². The molecule has 4 nitrogen and oxygen atoms in total. The molecule has 4 heteroatoms. The summed E-state index contributed by atoms with van der Waals surface area (Å²) in [6.45, 7) is 12.4. The maximum atomic E-state index is 13.5. The topological polar surface area (TPSA) is 63.6 Å². The minimum Gasteiger partial charge on any atom is -0.458 e. The Kier molecular flexibility index (Phi) is 3.79. The highest BCUT2D eigenvalue weighted by molar-refractivity contribution is 5.92. The number of ether oxygens (including phenoxy) is 1. The minimum atomic E-state index is -0.942. The van der Waals surface area contributed by atoms with Gasteiger partial charge in [-0.15, -0.1) is 0 Å². The number of hydrogen-bond donors (Lipinski definition) is 1. The van der Waals surface area contributed by atoms with Crippen molar-refractivity contribution >= 4 is 11.8 Å². The predicted molar refractivity (Wildman–Crippen MR) is 110 cm³/mol. The van der Waals surface area contributed by atoms with Gasteiger partial charge in [-0.1, -0.05) is 32.6 Å². The Morgan fingerprint density at radius 2 is 2.00 bits per heavy atom. The zero-order valence-corrected chi connectivity index (χ0v) is 18.2. The van der Waals surface area contributed by atoms with E-state index in [2.05, 4.69) is 26.5 Å². The molecule has 5 fully saturated rings. The Morgan fingerprint density at radius 3 is 2.62 bits per heavy atom. The number of fused-ring (bicyclic) bond motifs is 5. The highest BCUT2D eigenvalue weighted by Crippen LogP contribution is 2.80. The first-order chi connectivity index (χ1) is 13.5. The van der Waals surface area contributed by atoms with Crippen LogP contribution in [-0.4, -0.2) is 28.6 Å². The number of carbonyl (C=O) groups is 2. The molecule has 0 aromatic heterocycles. The normalized spacial score (nSPS) is 53.4. The Labute approximate surface area is 173 Å². The van der Waals surface area contributed by atoms with Crippen LogP contribution in [0.5, 0.6) is 0 Å². The molecular formula is C25H34O4. The van der Waals surface area contributed by atoms with Gasteiger partial charge in [-0.05, 0) is 63.2 Å². The van der Waals surface area contributed by atoms with Crippen molar-refractivity contribution in [2.45, 2.75) is 77.9 Å². The van der Waals surface area contributed by atoms with Crippen LogP contribution in [0, 0.1) is 39.9 Å². The summed E-state index contributed by atoms with van der Waals surface area (Å²) in [5, 5.41) is 11.8. The highest BCUT2D eigenvalue weighted by Gasteiger charge is 2.79. The number of ketones is 1. The van der Waals surface area contributed by atoms with E-state index in [1.165, 1.54) is 0 Å². The summed E-state index contributed by atoms with van der Waals surface area (Å²) in [4.78, 5) is 25.9. The van der Waals surface area contributed by atoms with Gasteiger partial charge in [0.05, 0.1) is 5.60 Å². The number of allylic oxidation sites excluding steroid dienone is 1. The number of esters is 1. The van der Waals surface area contributed by atoms with Crippen molar-refractivity contribution in [3.8, 4) is 0 Å². The van der Waals surface area contributed by atoms with Gasteiger partial charge in [-0.25, -0.2) is 4.79 Å². The quantitative estimate of drug-likeness (QED) is 0.430. The lowest BCUT2D eigenvalue weighted by Crippen LogP contribution is -2.49. The zero-order valence-electron chi connectivity index (χ0n) is 18.2. The summed E-state index contributed by atoms with van der Waals surface area (Å²) < 4.78 is 5.90. The second kappa shape index (κ2) is 5.63. The van der Waals surface area contributed by atoms with E-state index < -0.39 is 11.0 Å². The molecule has 5 aliphatic rings. The summed E-state index contributed by atoms with van der Waals surface area (Å²) in [6.07, 6.45) is 8.41. The second-order valence-corrected chi connectivity index (χ2v) is 11.2. The lowest BCUT2D eigenvalue weighted by molar-refractivity contribution is -0.146. The first kappa shape index (κ1) is 19.5. The van der Waals surface area contributed by atoms with Crippen molar-refractivity contribution in [3.05, 3.63) is 24.3 Å². The maximum absolute atomic E-state index is 13.5. The molecule has 158 valence electrons. The molecule has 4 saturated carbocycles. The van der Waals surface area contributed by atoms with Crippen LogP contribution in [-0.2, 0) is 14.3 Å². The second-order valence-electron chi connectivity index (χ2n) is 11.2. The van der Waals surface area contributed by atoms with Gasteiger partial charge in [0.1, 0.15) is 11.9 Å². The van der Waals surface area contributed by atoms with Gasteiger partial charge in [-0.2, -0.15) is 0 Å². The summed E-state index contributed by atoms with van der Waals surface area (Å²) in [6, 6.07) is 0. The first-order valence-corrected chi connectivity index (χ1v) is 11.3. The molecule has 1 aliphatic heterocycles. The first-order valence-electron chi connectivity index (χ1n) is 11.3. The van der Waals surface area contributed by atoms with Gasteiger partial charge in [0.15, 0.2) is 0 Å². The molecule has 0 unspecified atom stereocenters. The maximum Gasteiger partial charge on any atom is 0.334 e. The van der Waals surface area contributed by atoms with Gasteiger partial charge in [0.2, 0.25) is 0 Å². The summed E-state index contributed by atoms with van der Waals surface area (Å²) in [5.41, 5.74) is -1.17. The lowest BCUT2D eigenvalue weighted by Gasteiger charge is -2.45. The van der Waals surface area contributed by atoms with Crippen LogP contribution in [0.3, 0.4) is 0 Å². The number of Topliss-reactive ketones (excluding diaryl/α,β-unsaturated/α-hetero) is 1. The van der Waals surface area contributed by atoms with Gasteiger partial charge in [0.25, 0.3) is 0 Å². The molecule has 0 aromatic rings. The molecule has 1 heterocycles. The molecule has 1 spiro atoms. The molecule has 29 heavy (non-hydrogen) atoms.